The second kappa shape index (κ2) is 7.03. The van der Waals surface area contributed by atoms with Crippen molar-refractivity contribution < 1.29 is 14.3 Å². The molecule has 1 amide bonds. The molecule has 28 heavy (non-hydrogen) atoms. The van der Waals surface area contributed by atoms with E-state index in [4.69, 9.17) is 4.74 Å². The first-order chi connectivity index (χ1) is 13.2. The van der Waals surface area contributed by atoms with Crippen molar-refractivity contribution in [1.29, 1.82) is 0 Å². The summed E-state index contributed by atoms with van der Waals surface area (Å²) >= 11 is 0. The third-order valence-corrected chi connectivity index (χ3v) is 7.78. The van der Waals surface area contributed by atoms with Crippen molar-refractivity contribution in [2.45, 2.75) is 84.3 Å². The Kier molecular flexibility index (Phi) is 4.96. The molecule has 5 aliphatic carbocycles. The van der Waals surface area contributed by atoms with Crippen LogP contribution in [0.4, 0.5) is 0 Å². The van der Waals surface area contributed by atoms with Crippen LogP contribution < -0.4 is 5.32 Å². The number of rotatable bonds is 3. The molecule has 3 saturated carbocycles. The minimum Gasteiger partial charge on any atom is -0.461 e. The number of esters is 1. The van der Waals surface area contributed by atoms with E-state index in [0.717, 1.165) is 56.9 Å². The summed E-state index contributed by atoms with van der Waals surface area (Å²) in [4.78, 5) is 25.8. The molecule has 0 unspecified atom stereocenters. The number of amides is 1. The minimum atomic E-state index is -0.403. The van der Waals surface area contributed by atoms with E-state index in [1.54, 1.807) is 0 Å². The van der Waals surface area contributed by atoms with Gasteiger partial charge in [0.05, 0.1) is 5.92 Å². The van der Waals surface area contributed by atoms with Gasteiger partial charge in [0.25, 0.3) is 0 Å². The average Bonchev–Trinajstić information content (AvgIpc) is 3.23. The van der Waals surface area contributed by atoms with E-state index in [-0.39, 0.29) is 41.3 Å². The van der Waals surface area contributed by atoms with Crippen LogP contribution in [0.3, 0.4) is 0 Å². The highest BCUT2D eigenvalue weighted by Gasteiger charge is 2.54. The van der Waals surface area contributed by atoms with Gasteiger partial charge in [-0.25, -0.2) is 0 Å². The Morgan fingerprint density at radius 1 is 1.11 bits per heavy atom. The molecule has 6 atom stereocenters. The van der Waals surface area contributed by atoms with E-state index in [2.05, 4.69) is 24.0 Å². The van der Waals surface area contributed by atoms with Crippen molar-refractivity contribution in [3.8, 4) is 0 Å². The monoisotopic (exact) mass is 385 g/mol. The number of carbonyl (C=O) groups is 2. The predicted molar refractivity (Wildman–Crippen MR) is 109 cm³/mol. The first-order valence-corrected chi connectivity index (χ1v) is 11.1. The van der Waals surface area contributed by atoms with E-state index in [1.165, 1.54) is 0 Å². The predicted octanol–water partition coefficient (Wildman–Crippen LogP) is 4.55. The Labute approximate surface area is 169 Å². The van der Waals surface area contributed by atoms with Crippen molar-refractivity contribution >= 4 is 11.9 Å². The summed E-state index contributed by atoms with van der Waals surface area (Å²) in [6.45, 7) is 10.1. The number of hydrogen-bond acceptors (Lipinski definition) is 3. The molecule has 5 rings (SSSR count). The Morgan fingerprint density at radius 2 is 1.82 bits per heavy atom. The van der Waals surface area contributed by atoms with E-state index < -0.39 is 5.41 Å². The fourth-order valence-corrected chi connectivity index (χ4v) is 6.09. The zero-order chi connectivity index (χ0) is 20.1. The summed E-state index contributed by atoms with van der Waals surface area (Å²) in [5.74, 6) is 0.431. The molecule has 3 fully saturated rings. The zero-order valence-corrected chi connectivity index (χ0v) is 17.6. The molecule has 0 heterocycles. The van der Waals surface area contributed by atoms with Crippen LogP contribution in [-0.4, -0.2) is 24.0 Å². The Balaban J connectivity index is 1.48. The molecular formula is C24H35NO3. The quantitative estimate of drug-likeness (QED) is 0.573. The first-order valence-electron chi connectivity index (χ1n) is 11.1. The van der Waals surface area contributed by atoms with Crippen LogP contribution in [0.1, 0.15) is 72.1 Å². The smallest absolute Gasteiger partial charge is 0.313 e. The van der Waals surface area contributed by atoms with E-state index in [1.807, 2.05) is 20.8 Å². The summed E-state index contributed by atoms with van der Waals surface area (Å²) in [7, 11) is 0. The van der Waals surface area contributed by atoms with Crippen LogP contribution >= 0.6 is 0 Å². The average molecular weight is 386 g/mol. The van der Waals surface area contributed by atoms with E-state index >= 15 is 0 Å². The van der Waals surface area contributed by atoms with Crippen LogP contribution in [0.2, 0.25) is 0 Å². The maximum absolute atomic E-state index is 13.2. The molecule has 1 spiro atoms. The summed E-state index contributed by atoms with van der Waals surface area (Å²) in [6.07, 6.45) is 12.6. The van der Waals surface area contributed by atoms with Gasteiger partial charge in [-0.2, -0.15) is 0 Å². The number of fused-ring (bicyclic) bond motifs is 2. The number of ether oxygens (including phenoxy) is 1. The first kappa shape index (κ1) is 19.7. The van der Waals surface area contributed by atoms with Gasteiger partial charge < -0.3 is 10.1 Å². The highest BCUT2D eigenvalue weighted by Crippen LogP contribution is 2.53. The molecule has 0 aromatic carbocycles. The van der Waals surface area contributed by atoms with Crippen LogP contribution in [0.5, 0.6) is 0 Å². The van der Waals surface area contributed by atoms with E-state index in [9.17, 15) is 9.59 Å². The highest BCUT2D eigenvalue weighted by atomic mass is 16.5. The normalized spacial score (nSPS) is 39.5. The van der Waals surface area contributed by atoms with Crippen molar-refractivity contribution in [2.75, 3.05) is 0 Å². The number of allylic oxidation sites excluding steroid dienone is 2. The van der Waals surface area contributed by atoms with Crippen LogP contribution in [0, 0.1) is 28.6 Å². The van der Waals surface area contributed by atoms with Gasteiger partial charge in [-0.3, -0.25) is 9.59 Å². The van der Waals surface area contributed by atoms with Gasteiger partial charge in [0.1, 0.15) is 6.10 Å². The fourth-order valence-electron chi connectivity index (χ4n) is 6.09. The maximum atomic E-state index is 13.2. The standard InChI is InChI=1S/C24H35NO3/c1-15-16-9-11-17(12-10-16)20(15)21(26)28-19-8-6-14-24(19)13-5-7-18(24)25-22(27)23(2,3)4/h9,11,16-20H,1,5-8,10,12-14H2,2-4H3,(H,25,27)/t16-,17+,18-,19-,20-,24-/m0/s1. The molecule has 5 aliphatic rings. The summed E-state index contributed by atoms with van der Waals surface area (Å²) in [5, 5.41) is 3.31. The van der Waals surface area contributed by atoms with Gasteiger partial charge in [0.15, 0.2) is 0 Å². The van der Waals surface area contributed by atoms with Gasteiger partial charge >= 0.3 is 5.97 Å². The third kappa shape index (κ3) is 3.23. The second-order valence-corrected chi connectivity index (χ2v) is 10.5. The molecule has 1 N–H and O–H groups in total. The fraction of sp³-hybridized carbons (Fsp3) is 0.750. The Bertz CT molecular complexity index is 699. The van der Waals surface area contributed by atoms with Gasteiger partial charge in [-0.15, -0.1) is 0 Å². The number of nitrogens with one attached hydrogen (secondary N) is 1. The minimum absolute atomic E-state index is 0.0787. The van der Waals surface area contributed by atoms with Crippen molar-refractivity contribution in [1.82, 2.24) is 5.32 Å². The van der Waals surface area contributed by atoms with Gasteiger partial charge in [0, 0.05) is 16.9 Å². The van der Waals surface area contributed by atoms with Crippen molar-refractivity contribution in [3.05, 3.63) is 24.3 Å². The molecule has 0 radical (unpaired) electrons. The van der Waals surface area contributed by atoms with Crippen LogP contribution in [-0.2, 0) is 14.3 Å². The number of carbonyl (C=O) groups excluding carboxylic acids is 2. The van der Waals surface area contributed by atoms with Crippen molar-refractivity contribution in [2.24, 2.45) is 28.6 Å². The highest BCUT2D eigenvalue weighted by molar-refractivity contribution is 5.82. The van der Waals surface area contributed by atoms with Gasteiger partial charge in [-0.1, -0.05) is 51.5 Å². The third-order valence-electron chi connectivity index (χ3n) is 7.78. The molecule has 2 bridgehead atoms. The lowest BCUT2D eigenvalue weighted by atomic mass is 9.66. The molecule has 0 aromatic rings. The molecule has 4 heteroatoms. The molecular weight excluding hydrogens is 350 g/mol. The molecule has 4 nitrogen and oxygen atoms in total. The topological polar surface area (TPSA) is 55.4 Å². The van der Waals surface area contributed by atoms with Crippen molar-refractivity contribution in [3.63, 3.8) is 0 Å². The lowest BCUT2D eigenvalue weighted by molar-refractivity contribution is -0.161. The SMILES string of the molecule is C=C1[C@H](C(=O)O[C@H]2CCC[C@]23CCC[C@@H]3NC(=O)C(C)(C)C)[C@@H]2C=C[C@H]1CC2. The molecule has 154 valence electrons. The lowest BCUT2D eigenvalue weighted by Crippen LogP contribution is -2.52. The van der Waals surface area contributed by atoms with Crippen LogP contribution in [0.25, 0.3) is 0 Å². The largest absolute Gasteiger partial charge is 0.461 e. The summed E-state index contributed by atoms with van der Waals surface area (Å²) in [6, 6.07) is 0.116. The summed E-state index contributed by atoms with van der Waals surface area (Å²) in [5.41, 5.74) is 0.557. The maximum Gasteiger partial charge on any atom is 0.313 e. The number of hydrogen-bond donors (Lipinski definition) is 1. The zero-order valence-electron chi connectivity index (χ0n) is 17.6. The van der Waals surface area contributed by atoms with Gasteiger partial charge in [-0.05, 0) is 56.8 Å². The van der Waals surface area contributed by atoms with Gasteiger partial charge in [0.2, 0.25) is 5.91 Å². The Morgan fingerprint density at radius 3 is 2.43 bits per heavy atom. The van der Waals surface area contributed by atoms with Crippen LogP contribution in [0.15, 0.2) is 24.3 Å². The lowest BCUT2D eigenvalue weighted by Gasteiger charge is -2.41. The molecule has 0 aliphatic heterocycles. The second-order valence-electron chi connectivity index (χ2n) is 10.5. The molecule has 0 saturated heterocycles. The molecule has 0 aromatic heterocycles. The Hall–Kier alpha value is -1.58. The summed E-state index contributed by atoms with van der Waals surface area (Å²) < 4.78 is 6.22. The van der Waals surface area contributed by atoms with E-state index in [0.29, 0.717) is 5.92 Å².